The highest BCUT2D eigenvalue weighted by Crippen LogP contribution is 2.29. The smallest absolute Gasteiger partial charge is 0.381 e. The van der Waals surface area contributed by atoms with Gasteiger partial charge in [0, 0.05) is 16.7 Å². The highest BCUT2D eigenvalue weighted by atomic mass is 79.9. The van der Waals surface area contributed by atoms with Crippen LogP contribution in [0.5, 0.6) is 0 Å². The average molecular weight is 344 g/mol. The molecule has 0 bridgehead atoms. The molecule has 0 amide bonds. The molecule has 1 nitrogen and oxygen atoms in total. The first kappa shape index (κ1) is 14.9. The number of anilines is 1. The second-order valence-corrected chi connectivity index (χ2v) is 5.37. The number of alkyl halides is 3. The Morgan fingerprint density at radius 2 is 1.85 bits per heavy atom. The Bertz CT molecular complexity index is 608. The van der Waals surface area contributed by atoms with Gasteiger partial charge in [0.05, 0.1) is 5.56 Å². The molecule has 2 aromatic carbocycles. The van der Waals surface area contributed by atoms with Gasteiger partial charge in [0.15, 0.2) is 0 Å². The Labute approximate surface area is 123 Å². The van der Waals surface area contributed by atoms with Crippen LogP contribution in [0.3, 0.4) is 0 Å². The molecule has 0 heterocycles. The standard InChI is InChI=1S/C15H13BrF3N/c1-10-5-6-13(8-14(10)16)20-9-11-3-2-4-12(7-11)15(17,18)19/h2-8,20H,9H2,1H3. The van der Waals surface area contributed by atoms with Crippen molar-refractivity contribution in [2.45, 2.75) is 19.6 Å². The Morgan fingerprint density at radius 1 is 1.10 bits per heavy atom. The largest absolute Gasteiger partial charge is 0.416 e. The third-order valence-electron chi connectivity index (χ3n) is 2.92. The van der Waals surface area contributed by atoms with Gasteiger partial charge in [-0.2, -0.15) is 13.2 Å². The van der Waals surface area contributed by atoms with E-state index in [0.29, 0.717) is 12.1 Å². The first-order valence-corrected chi connectivity index (χ1v) is 6.82. The van der Waals surface area contributed by atoms with Gasteiger partial charge in [-0.05, 0) is 42.3 Å². The van der Waals surface area contributed by atoms with Gasteiger partial charge < -0.3 is 5.32 Å². The SMILES string of the molecule is Cc1ccc(NCc2cccc(C(F)(F)F)c2)cc1Br. The van der Waals surface area contributed by atoms with E-state index >= 15 is 0 Å². The molecule has 0 aliphatic heterocycles. The predicted molar refractivity (Wildman–Crippen MR) is 77.6 cm³/mol. The number of hydrogen-bond donors (Lipinski definition) is 1. The second kappa shape index (κ2) is 5.87. The van der Waals surface area contributed by atoms with Gasteiger partial charge in [-0.15, -0.1) is 0 Å². The van der Waals surface area contributed by atoms with Crippen LogP contribution in [0.2, 0.25) is 0 Å². The lowest BCUT2D eigenvalue weighted by Gasteiger charge is -2.11. The maximum absolute atomic E-state index is 12.6. The van der Waals surface area contributed by atoms with E-state index in [-0.39, 0.29) is 0 Å². The van der Waals surface area contributed by atoms with E-state index in [1.54, 1.807) is 6.07 Å². The van der Waals surface area contributed by atoms with Gasteiger partial charge in [-0.1, -0.05) is 34.1 Å². The first-order valence-electron chi connectivity index (χ1n) is 6.02. The molecule has 0 aliphatic rings. The minimum absolute atomic E-state index is 0.347. The minimum atomic E-state index is -4.30. The van der Waals surface area contributed by atoms with E-state index in [9.17, 15) is 13.2 Å². The number of hydrogen-bond acceptors (Lipinski definition) is 1. The van der Waals surface area contributed by atoms with Crippen LogP contribution in [0.15, 0.2) is 46.9 Å². The average Bonchev–Trinajstić information content (AvgIpc) is 2.39. The maximum atomic E-state index is 12.6. The van der Waals surface area contributed by atoms with Crippen molar-refractivity contribution >= 4 is 21.6 Å². The highest BCUT2D eigenvalue weighted by molar-refractivity contribution is 9.10. The first-order chi connectivity index (χ1) is 9.36. The summed E-state index contributed by atoms with van der Waals surface area (Å²) in [5.41, 5.74) is 1.94. The van der Waals surface area contributed by atoms with E-state index in [0.717, 1.165) is 27.9 Å². The lowest BCUT2D eigenvalue weighted by Crippen LogP contribution is -2.06. The van der Waals surface area contributed by atoms with Gasteiger partial charge in [0.2, 0.25) is 0 Å². The summed E-state index contributed by atoms with van der Waals surface area (Å²) in [6.07, 6.45) is -4.30. The van der Waals surface area contributed by atoms with Crippen LogP contribution in [-0.2, 0) is 12.7 Å². The Hall–Kier alpha value is -1.49. The molecule has 1 N–H and O–H groups in total. The molecule has 0 unspecified atom stereocenters. The number of rotatable bonds is 3. The molecular formula is C15H13BrF3N. The molecule has 106 valence electrons. The fourth-order valence-corrected chi connectivity index (χ4v) is 2.14. The molecule has 2 rings (SSSR count). The van der Waals surface area contributed by atoms with Crippen LogP contribution < -0.4 is 5.32 Å². The summed E-state index contributed by atoms with van der Waals surface area (Å²) in [7, 11) is 0. The summed E-state index contributed by atoms with van der Waals surface area (Å²) >= 11 is 3.42. The molecule has 0 saturated heterocycles. The number of aryl methyl sites for hydroxylation is 1. The second-order valence-electron chi connectivity index (χ2n) is 4.52. The summed E-state index contributed by atoms with van der Waals surface area (Å²) < 4.78 is 38.8. The molecule has 20 heavy (non-hydrogen) atoms. The zero-order valence-corrected chi connectivity index (χ0v) is 12.3. The summed E-state index contributed by atoms with van der Waals surface area (Å²) in [6, 6.07) is 11.1. The zero-order chi connectivity index (χ0) is 14.8. The molecule has 0 saturated carbocycles. The van der Waals surface area contributed by atoms with Gasteiger partial charge in [0.25, 0.3) is 0 Å². The quantitative estimate of drug-likeness (QED) is 0.787. The number of halogens is 4. The van der Waals surface area contributed by atoms with Crippen LogP contribution in [0.1, 0.15) is 16.7 Å². The summed E-state index contributed by atoms with van der Waals surface area (Å²) in [5, 5.41) is 3.11. The van der Waals surface area contributed by atoms with E-state index in [2.05, 4.69) is 21.2 Å². The molecule has 0 atom stereocenters. The number of benzene rings is 2. The van der Waals surface area contributed by atoms with Crippen molar-refractivity contribution in [1.82, 2.24) is 0 Å². The molecule has 0 aromatic heterocycles. The van der Waals surface area contributed by atoms with E-state index in [4.69, 9.17) is 0 Å². The summed E-state index contributed by atoms with van der Waals surface area (Å²) in [6.45, 7) is 2.32. The third kappa shape index (κ3) is 3.76. The van der Waals surface area contributed by atoms with E-state index in [1.165, 1.54) is 6.07 Å². The van der Waals surface area contributed by atoms with Crippen LogP contribution in [0.25, 0.3) is 0 Å². The van der Waals surface area contributed by atoms with Gasteiger partial charge >= 0.3 is 6.18 Å². The summed E-state index contributed by atoms with van der Waals surface area (Å²) in [4.78, 5) is 0. The van der Waals surface area contributed by atoms with Crippen molar-refractivity contribution in [3.8, 4) is 0 Å². The van der Waals surface area contributed by atoms with Crippen LogP contribution in [0, 0.1) is 6.92 Å². The molecule has 2 aromatic rings. The Kier molecular flexibility index (Phi) is 4.38. The van der Waals surface area contributed by atoms with Gasteiger partial charge in [-0.3, -0.25) is 0 Å². The zero-order valence-electron chi connectivity index (χ0n) is 10.8. The Morgan fingerprint density at radius 3 is 2.50 bits per heavy atom. The van der Waals surface area contributed by atoms with Crippen molar-refractivity contribution in [3.63, 3.8) is 0 Å². The highest BCUT2D eigenvalue weighted by Gasteiger charge is 2.30. The van der Waals surface area contributed by atoms with Crippen molar-refractivity contribution in [3.05, 3.63) is 63.6 Å². The topological polar surface area (TPSA) is 12.0 Å². The van der Waals surface area contributed by atoms with Crippen molar-refractivity contribution in [1.29, 1.82) is 0 Å². The minimum Gasteiger partial charge on any atom is -0.381 e. The summed E-state index contributed by atoms with van der Waals surface area (Å²) in [5.74, 6) is 0. The Balaban J connectivity index is 2.09. The van der Waals surface area contributed by atoms with Gasteiger partial charge in [0.1, 0.15) is 0 Å². The van der Waals surface area contributed by atoms with E-state index < -0.39 is 11.7 Å². The number of nitrogens with one attached hydrogen (secondary N) is 1. The van der Waals surface area contributed by atoms with Crippen molar-refractivity contribution in [2.75, 3.05) is 5.32 Å². The molecular weight excluding hydrogens is 331 g/mol. The third-order valence-corrected chi connectivity index (χ3v) is 3.78. The van der Waals surface area contributed by atoms with Crippen molar-refractivity contribution in [2.24, 2.45) is 0 Å². The molecule has 0 spiro atoms. The predicted octanol–water partition coefficient (Wildman–Crippen LogP) is 5.39. The molecule has 0 radical (unpaired) electrons. The monoisotopic (exact) mass is 343 g/mol. The van der Waals surface area contributed by atoms with Crippen LogP contribution in [0.4, 0.5) is 18.9 Å². The van der Waals surface area contributed by atoms with Gasteiger partial charge in [-0.25, -0.2) is 0 Å². The van der Waals surface area contributed by atoms with Crippen LogP contribution >= 0.6 is 15.9 Å². The fraction of sp³-hybridized carbons (Fsp3) is 0.200. The lowest BCUT2D eigenvalue weighted by atomic mass is 10.1. The lowest BCUT2D eigenvalue weighted by molar-refractivity contribution is -0.137. The maximum Gasteiger partial charge on any atom is 0.416 e. The molecule has 5 heteroatoms. The van der Waals surface area contributed by atoms with E-state index in [1.807, 2.05) is 25.1 Å². The van der Waals surface area contributed by atoms with Crippen LogP contribution in [-0.4, -0.2) is 0 Å². The molecule has 0 fully saturated rings. The fourth-order valence-electron chi connectivity index (χ4n) is 1.76. The molecule has 0 aliphatic carbocycles. The normalized spacial score (nSPS) is 11.4. The van der Waals surface area contributed by atoms with Crippen molar-refractivity contribution < 1.29 is 13.2 Å².